The second-order valence-electron chi connectivity index (χ2n) is 7.65. The molecule has 0 radical (unpaired) electrons. The Morgan fingerprint density at radius 3 is 2.33 bits per heavy atom. The predicted molar refractivity (Wildman–Crippen MR) is 91.8 cm³/mol. The average Bonchev–Trinajstić information content (AvgIpc) is 2.48. The second-order valence-corrected chi connectivity index (χ2v) is 7.65. The van der Waals surface area contributed by atoms with Crippen molar-refractivity contribution in [2.24, 2.45) is 5.41 Å². The molecule has 1 unspecified atom stereocenters. The summed E-state index contributed by atoms with van der Waals surface area (Å²) < 4.78 is 0. The molecule has 1 atom stereocenters. The van der Waals surface area contributed by atoms with Gasteiger partial charge in [-0.2, -0.15) is 0 Å². The van der Waals surface area contributed by atoms with Crippen molar-refractivity contribution in [3.63, 3.8) is 0 Å². The lowest BCUT2D eigenvalue weighted by Gasteiger charge is -2.42. The van der Waals surface area contributed by atoms with Crippen molar-refractivity contribution in [1.29, 1.82) is 0 Å². The van der Waals surface area contributed by atoms with Gasteiger partial charge in [0.1, 0.15) is 0 Å². The summed E-state index contributed by atoms with van der Waals surface area (Å²) in [5, 5.41) is 3.57. The fourth-order valence-corrected chi connectivity index (χ4v) is 3.30. The van der Waals surface area contributed by atoms with Crippen LogP contribution < -0.4 is 5.32 Å². The van der Waals surface area contributed by atoms with Crippen molar-refractivity contribution >= 4 is 0 Å². The maximum atomic E-state index is 3.57. The summed E-state index contributed by atoms with van der Waals surface area (Å²) in [6.45, 7) is 15.1. The molecule has 0 saturated carbocycles. The van der Waals surface area contributed by atoms with Gasteiger partial charge >= 0.3 is 0 Å². The Morgan fingerprint density at radius 1 is 1.14 bits per heavy atom. The molecule has 0 aliphatic carbocycles. The van der Waals surface area contributed by atoms with E-state index in [2.05, 4.69) is 68.2 Å². The van der Waals surface area contributed by atoms with E-state index in [-0.39, 0.29) is 5.41 Å². The lowest BCUT2D eigenvalue weighted by Crippen LogP contribution is -2.48. The molecule has 0 aromatic heterocycles. The summed E-state index contributed by atoms with van der Waals surface area (Å²) in [5.74, 6) is 0. The molecule has 21 heavy (non-hydrogen) atoms. The van der Waals surface area contributed by atoms with Crippen molar-refractivity contribution in [2.75, 3.05) is 32.7 Å². The first-order chi connectivity index (χ1) is 9.95. The first kappa shape index (κ1) is 16.5. The average molecular weight is 288 g/mol. The minimum Gasteiger partial charge on any atom is -0.316 e. The lowest BCUT2D eigenvalue weighted by atomic mass is 9.79. The van der Waals surface area contributed by atoms with Crippen molar-refractivity contribution in [2.45, 2.75) is 46.0 Å². The van der Waals surface area contributed by atoms with Crippen LogP contribution in [0.5, 0.6) is 0 Å². The van der Waals surface area contributed by atoms with Crippen LogP contribution in [0.4, 0.5) is 0 Å². The predicted octanol–water partition coefficient (Wildman–Crippen LogP) is 3.68. The van der Waals surface area contributed by atoms with Crippen LogP contribution in [0.25, 0.3) is 0 Å². The molecule has 0 spiro atoms. The lowest BCUT2D eigenvalue weighted by molar-refractivity contribution is 0.110. The van der Waals surface area contributed by atoms with E-state index >= 15 is 0 Å². The fourth-order valence-electron chi connectivity index (χ4n) is 3.30. The standard InChI is InChI=1S/C19H32N2/c1-5-20-15-19(4,17-9-7-6-8-10-17)16-21-13-11-18(2,3)12-14-21/h6-10,20H,5,11-16H2,1-4H3. The molecule has 118 valence electrons. The van der Waals surface area contributed by atoms with E-state index in [4.69, 9.17) is 0 Å². The number of benzene rings is 1. The normalized spacial score (nSPS) is 21.9. The van der Waals surface area contributed by atoms with Gasteiger partial charge in [-0.15, -0.1) is 0 Å². The monoisotopic (exact) mass is 288 g/mol. The number of piperidine rings is 1. The highest BCUT2D eigenvalue weighted by atomic mass is 15.1. The zero-order valence-corrected chi connectivity index (χ0v) is 14.3. The Morgan fingerprint density at radius 2 is 1.76 bits per heavy atom. The van der Waals surface area contributed by atoms with Gasteiger partial charge in [-0.25, -0.2) is 0 Å². The maximum absolute atomic E-state index is 3.57. The minimum absolute atomic E-state index is 0.193. The molecule has 1 aliphatic heterocycles. The Labute approximate surface area is 130 Å². The summed E-state index contributed by atoms with van der Waals surface area (Å²) in [5.41, 5.74) is 2.18. The van der Waals surface area contributed by atoms with Crippen LogP contribution in [-0.2, 0) is 5.41 Å². The third kappa shape index (κ3) is 4.55. The fraction of sp³-hybridized carbons (Fsp3) is 0.684. The van der Waals surface area contributed by atoms with Crippen molar-refractivity contribution in [1.82, 2.24) is 10.2 Å². The van der Waals surface area contributed by atoms with E-state index < -0.39 is 0 Å². The molecule has 2 rings (SSSR count). The van der Waals surface area contributed by atoms with Gasteiger partial charge in [0.05, 0.1) is 0 Å². The summed E-state index contributed by atoms with van der Waals surface area (Å²) in [6, 6.07) is 11.0. The molecule has 0 amide bonds. The summed E-state index contributed by atoms with van der Waals surface area (Å²) in [6.07, 6.45) is 2.64. The zero-order chi connectivity index (χ0) is 15.3. The number of nitrogens with zero attached hydrogens (tertiary/aromatic N) is 1. The van der Waals surface area contributed by atoms with Gasteiger partial charge in [-0.05, 0) is 43.5 Å². The first-order valence-corrected chi connectivity index (χ1v) is 8.44. The summed E-state index contributed by atoms with van der Waals surface area (Å²) in [4.78, 5) is 2.66. The van der Waals surface area contributed by atoms with Crippen LogP contribution in [0.15, 0.2) is 30.3 Å². The maximum Gasteiger partial charge on any atom is 0.0177 e. The Bertz CT molecular complexity index is 416. The smallest absolute Gasteiger partial charge is 0.0177 e. The van der Waals surface area contributed by atoms with E-state index in [9.17, 15) is 0 Å². The number of nitrogens with one attached hydrogen (secondary N) is 1. The number of hydrogen-bond acceptors (Lipinski definition) is 2. The van der Waals surface area contributed by atoms with Gasteiger partial charge in [0, 0.05) is 18.5 Å². The van der Waals surface area contributed by atoms with Crippen molar-refractivity contribution < 1.29 is 0 Å². The summed E-state index contributed by atoms with van der Waals surface area (Å²) in [7, 11) is 0. The molecular formula is C19H32N2. The third-order valence-corrected chi connectivity index (χ3v) is 5.02. The van der Waals surface area contributed by atoms with Gasteiger partial charge in [0.2, 0.25) is 0 Å². The van der Waals surface area contributed by atoms with E-state index in [1.807, 2.05) is 0 Å². The molecule has 0 bridgehead atoms. The van der Waals surface area contributed by atoms with E-state index in [0.29, 0.717) is 5.41 Å². The van der Waals surface area contributed by atoms with Crippen molar-refractivity contribution in [3.05, 3.63) is 35.9 Å². The quantitative estimate of drug-likeness (QED) is 0.859. The highest BCUT2D eigenvalue weighted by Gasteiger charge is 2.32. The van der Waals surface area contributed by atoms with Crippen LogP contribution in [0.3, 0.4) is 0 Å². The van der Waals surface area contributed by atoms with Crippen LogP contribution >= 0.6 is 0 Å². The second kappa shape index (κ2) is 6.93. The molecule has 2 nitrogen and oxygen atoms in total. The molecule has 1 N–H and O–H groups in total. The van der Waals surface area contributed by atoms with Crippen LogP contribution in [0.2, 0.25) is 0 Å². The molecule has 2 heteroatoms. The Balaban J connectivity index is 2.06. The first-order valence-electron chi connectivity index (χ1n) is 8.44. The molecule has 1 heterocycles. The van der Waals surface area contributed by atoms with Gasteiger partial charge in [-0.3, -0.25) is 0 Å². The third-order valence-electron chi connectivity index (χ3n) is 5.02. The van der Waals surface area contributed by atoms with Gasteiger partial charge in [0.25, 0.3) is 0 Å². The number of rotatable bonds is 6. The zero-order valence-electron chi connectivity index (χ0n) is 14.3. The molecule has 1 aliphatic rings. The molecule has 1 fully saturated rings. The Kier molecular flexibility index (Phi) is 5.45. The largest absolute Gasteiger partial charge is 0.316 e. The molecule has 1 aromatic carbocycles. The van der Waals surface area contributed by atoms with E-state index in [1.165, 1.54) is 31.5 Å². The van der Waals surface area contributed by atoms with E-state index in [0.717, 1.165) is 19.6 Å². The van der Waals surface area contributed by atoms with Gasteiger partial charge in [-0.1, -0.05) is 58.0 Å². The Hall–Kier alpha value is -0.860. The molecule has 1 saturated heterocycles. The number of likely N-dealkylation sites (N-methyl/N-ethyl adjacent to an activating group) is 1. The van der Waals surface area contributed by atoms with Gasteiger partial charge in [0.15, 0.2) is 0 Å². The molecular weight excluding hydrogens is 256 g/mol. The van der Waals surface area contributed by atoms with Gasteiger partial charge < -0.3 is 10.2 Å². The topological polar surface area (TPSA) is 15.3 Å². The number of hydrogen-bond donors (Lipinski definition) is 1. The highest BCUT2D eigenvalue weighted by molar-refractivity contribution is 5.25. The highest BCUT2D eigenvalue weighted by Crippen LogP contribution is 2.32. The molecule has 1 aromatic rings. The summed E-state index contributed by atoms with van der Waals surface area (Å²) >= 11 is 0. The van der Waals surface area contributed by atoms with Crippen LogP contribution in [-0.4, -0.2) is 37.6 Å². The number of likely N-dealkylation sites (tertiary alicyclic amines) is 1. The SMILES string of the molecule is CCNCC(C)(CN1CCC(C)(C)CC1)c1ccccc1. The van der Waals surface area contributed by atoms with Crippen LogP contribution in [0.1, 0.15) is 46.1 Å². The van der Waals surface area contributed by atoms with Crippen molar-refractivity contribution in [3.8, 4) is 0 Å². The minimum atomic E-state index is 0.193. The van der Waals surface area contributed by atoms with Crippen LogP contribution in [0, 0.1) is 5.41 Å². The van der Waals surface area contributed by atoms with E-state index in [1.54, 1.807) is 0 Å².